The average molecular weight is 267 g/mol. The third kappa shape index (κ3) is 2.59. The van der Waals surface area contributed by atoms with E-state index < -0.39 is 0 Å². The Morgan fingerprint density at radius 3 is 2.78 bits per heavy atom. The van der Waals surface area contributed by atoms with E-state index in [4.69, 9.17) is 20.8 Å². The minimum absolute atomic E-state index is 0.530. The highest BCUT2D eigenvalue weighted by Gasteiger charge is 2.10. The van der Waals surface area contributed by atoms with E-state index in [0.717, 1.165) is 17.0 Å². The summed E-state index contributed by atoms with van der Waals surface area (Å²) in [5.74, 6) is 1.49. The van der Waals surface area contributed by atoms with Gasteiger partial charge in [0.05, 0.1) is 17.8 Å². The second kappa shape index (κ2) is 5.31. The normalized spacial score (nSPS) is 10.4. The van der Waals surface area contributed by atoms with Crippen molar-refractivity contribution in [2.24, 2.45) is 0 Å². The van der Waals surface area contributed by atoms with E-state index in [1.54, 1.807) is 14.2 Å². The number of nitrogens with one attached hydrogen (secondary N) is 1. The lowest BCUT2D eigenvalue weighted by Crippen LogP contribution is -1.93. The number of hydrogen-bond donors (Lipinski definition) is 1. The first-order chi connectivity index (χ1) is 8.63. The average Bonchev–Trinajstić information content (AvgIpc) is 2.70. The number of nitrogens with zero attached hydrogens (tertiary/aromatic N) is 1. The minimum Gasteiger partial charge on any atom is -0.495 e. The van der Waals surface area contributed by atoms with Crippen LogP contribution in [0.5, 0.6) is 5.75 Å². The molecule has 0 saturated carbocycles. The van der Waals surface area contributed by atoms with Crippen molar-refractivity contribution < 1.29 is 9.15 Å². The molecule has 0 fully saturated rings. The molecule has 0 aliphatic rings. The Hall–Kier alpha value is -1.68. The first-order valence-corrected chi connectivity index (χ1v) is 5.98. The highest BCUT2D eigenvalue weighted by atomic mass is 35.5. The standard InChI is InChI=1S/C13H15ClN2O2/c1-8-11(16-13(15-2)18-8)7-9-4-5-12(17-3)10(14)6-9/h4-6H,7H2,1-3H3,(H,15,16). The molecule has 2 aromatic rings. The van der Waals surface area contributed by atoms with Crippen LogP contribution in [-0.2, 0) is 6.42 Å². The number of oxazole rings is 1. The topological polar surface area (TPSA) is 47.3 Å². The van der Waals surface area contributed by atoms with Crippen LogP contribution in [0.3, 0.4) is 0 Å². The zero-order chi connectivity index (χ0) is 13.1. The van der Waals surface area contributed by atoms with Gasteiger partial charge in [-0.15, -0.1) is 0 Å². The van der Waals surface area contributed by atoms with Crippen LogP contribution in [0.4, 0.5) is 6.01 Å². The lowest BCUT2D eigenvalue weighted by atomic mass is 10.1. The van der Waals surface area contributed by atoms with Gasteiger partial charge in [-0.25, -0.2) is 0 Å². The van der Waals surface area contributed by atoms with Crippen molar-refractivity contribution in [3.63, 3.8) is 0 Å². The Morgan fingerprint density at radius 2 is 2.22 bits per heavy atom. The Bertz CT molecular complexity index is 552. The second-order valence-electron chi connectivity index (χ2n) is 3.92. The van der Waals surface area contributed by atoms with Crippen LogP contribution in [0.1, 0.15) is 17.0 Å². The number of halogens is 1. The lowest BCUT2D eigenvalue weighted by molar-refractivity contribution is 0.415. The van der Waals surface area contributed by atoms with Crippen LogP contribution >= 0.6 is 11.6 Å². The Balaban J connectivity index is 2.22. The van der Waals surface area contributed by atoms with Gasteiger partial charge in [0.25, 0.3) is 6.01 Å². The number of aromatic nitrogens is 1. The van der Waals surface area contributed by atoms with Crippen molar-refractivity contribution in [2.75, 3.05) is 19.5 Å². The molecule has 0 spiro atoms. The summed E-state index contributed by atoms with van der Waals surface area (Å²) in [6.45, 7) is 1.90. The van der Waals surface area contributed by atoms with Gasteiger partial charge in [-0.3, -0.25) is 0 Å². The molecule has 0 saturated heterocycles. The molecule has 96 valence electrons. The van der Waals surface area contributed by atoms with Crippen molar-refractivity contribution in [3.05, 3.63) is 40.2 Å². The highest BCUT2D eigenvalue weighted by molar-refractivity contribution is 6.32. The summed E-state index contributed by atoms with van der Waals surface area (Å²) in [4.78, 5) is 4.34. The van der Waals surface area contributed by atoms with Gasteiger partial charge in [0, 0.05) is 13.5 Å². The van der Waals surface area contributed by atoms with E-state index in [-0.39, 0.29) is 0 Å². The predicted molar refractivity (Wildman–Crippen MR) is 71.6 cm³/mol. The molecule has 1 heterocycles. The molecule has 1 N–H and O–H groups in total. The van der Waals surface area contributed by atoms with Crippen molar-refractivity contribution in [1.29, 1.82) is 0 Å². The quantitative estimate of drug-likeness (QED) is 0.923. The summed E-state index contributed by atoms with van der Waals surface area (Å²) in [5.41, 5.74) is 1.97. The number of aryl methyl sites for hydroxylation is 1. The third-order valence-corrected chi connectivity index (χ3v) is 2.99. The molecule has 4 nitrogen and oxygen atoms in total. The molecule has 0 aliphatic heterocycles. The number of hydrogen-bond acceptors (Lipinski definition) is 4. The lowest BCUT2D eigenvalue weighted by Gasteiger charge is -2.05. The summed E-state index contributed by atoms with van der Waals surface area (Å²) in [5, 5.41) is 3.48. The number of benzene rings is 1. The molecule has 0 aliphatic carbocycles. The van der Waals surface area contributed by atoms with Crippen LogP contribution in [0, 0.1) is 6.92 Å². The van der Waals surface area contributed by atoms with E-state index in [0.29, 0.717) is 23.2 Å². The second-order valence-corrected chi connectivity index (χ2v) is 4.32. The van der Waals surface area contributed by atoms with Crippen molar-refractivity contribution in [3.8, 4) is 5.75 Å². The maximum Gasteiger partial charge on any atom is 0.294 e. The fourth-order valence-electron chi connectivity index (χ4n) is 1.71. The zero-order valence-electron chi connectivity index (χ0n) is 10.6. The molecule has 18 heavy (non-hydrogen) atoms. The zero-order valence-corrected chi connectivity index (χ0v) is 11.3. The highest BCUT2D eigenvalue weighted by Crippen LogP contribution is 2.26. The van der Waals surface area contributed by atoms with E-state index in [1.807, 2.05) is 25.1 Å². The first kappa shape index (κ1) is 12.8. The van der Waals surface area contributed by atoms with Gasteiger partial charge in [0.2, 0.25) is 0 Å². The van der Waals surface area contributed by atoms with E-state index in [9.17, 15) is 0 Å². The molecular weight excluding hydrogens is 252 g/mol. The van der Waals surface area contributed by atoms with Crippen molar-refractivity contribution >= 4 is 17.6 Å². The van der Waals surface area contributed by atoms with Crippen LogP contribution < -0.4 is 10.1 Å². The smallest absolute Gasteiger partial charge is 0.294 e. The molecule has 5 heteroatoms. The van der Waals surface area contributed by atoms with Crippen LogP contribution in [0.15, 0.2) is 22.6 Å². The molecule has 0 unspecified atom stereocenters. The minimum atomic E-state index is 0.530. The predicted octanol–water partition coefficient (Wildman–Crippen LogP) is 3.28. The fourth-order valence-corrected chi connectivity index (χ4v) is 1.99. The fraction of sp³-hybridized carbons (Fsp3) is 0.308. The van der Waals surface area contributed by atoms with Gasteiger partial charge < -0.3 is 14.5 Å². The molecule has 0 atom stereocenters. The van der Waals surface area contributed by atoms with Gasteiger partial charge in [-0.1, -0.05) is 17.7 Å². The maximum atomic E-state index is 6.09. The van der Waals surface area contributed by atoms with Crippen molar-refractivity contribution in [1.82, 2.24) is 4.98 Å². The summed E-state index contributed by atoms with van der Waals surface area (Å²) < 4.78 is 10.6. The Kier molecular flexibility index (Phi) is 3.77. The molecule has 2 rings (SSSR count). The van der Waals surface area contributed by atoms with Crippen molar-refractivity contribution in [2.45, 2.75) is 13.3 Å². The number of ether oxygens (including phenoxy) is 1. The Labute approximate surface area is 111 Å². The van der Waals surface area contributed by atoms with E-state index in [1.165, 1.54) is 0 Å². The summed E-state index contributed by atoms with van der Waals surface area (Å²) in [6.07, 6.45) is 0.681. The molecule has 1 aromatic heterocycles. The van der Waals surface area contributed by atoms with E-state index >= 15 is 0 Å². The van der Waals surface area contributed by atoms with Gasteiger partial charge in [-0.2, -0.15) is 4.98 Å². The number of rotatable bonds is 4. The van der Waals surface area contributed by atoms with Gasteiger partial charge in [0.15, 0.2) is 0 Å². The molecule has 1 aromatic carbocycles. The Morgan fingerprint density at radius 1 is 1.44 bits per heavy atom. The van der Waals surface area contributed by atoms with Gasteiger partial charge in [0.1, 0.15) is 11.5 Å². The molecule has 0 radical (unpaired) electrons. The summed E-state index contributed by atoms with van der Waals surface area (Å²) in [7, 11) is 3.38. The number of methoxy groups -OCH3 is 1. The van der Waals surface area contributed by atoms with Crippen LogP contribution in [-0.4, -0.2) is 19.1 Å². The molecule has 0 amide bonds. The monoisotopic (exact) mass is 266 g/mol. The van der Waals surface area contributed by atoms with Gasteiger partial charge >= 0.3 is 0 Å². The summed E-state index contributed by atoms with van der Waals surface area (Å²) >= 11 is 6.09. The summed E-state index contributed by atoms with van der Waals surface area (Å²) in [6, 6.07) is 6.24. The van der Waals surface area contributed by atoms with Gasteiger partial charge in [-0.05, 0) is 24.6 Å². The molecule has 0 bridgehead atoms. The third-order valence-electron chi connectivity index (χ3n) is 2.69. The first-order valence-electron chi connectivity index (χ1n) is 5.60. The van der Waals surface area contributed by atoms with Crippen LogP contribution in [0.25, 0.3) is 0 Å². The number of anilines is 1. The van der Waals surface area contributed by atoms with E-state index in [2.05, 4.69) is 10.3 Å². The largest absolute Gasteiger partial charge is 0.495 e. The molecular formula is C13H15ClN2O2. The van der Waals surface area contributed by atoms with Crippen LogP contribution in [0.2, 0.25) is 5.02 Å². The maximum absolute atomic E-state index is 6.09. The SMILES string of the molecule is CNc1nc(Cc2ccc(OC)c(Cl)c2)c(C)o1.